The molecule has 2 rings (SSSR count). The van der Waals surface area contributed by atoms with Gasteiger partial charge in [0, 0.05) is 18.1 Å². The minimum Gasteiger partial charge on any atom is -0.465 e. The maximum absolute atomic E-state index is 12.8. The van der Waals surface area contributed by atoms with Crippen LogP contribution in [0.4, 0.5) is 10.7 Å². The quantitative estimate of drug-likeness (QED) is 0.429. The first kappa shape index (κ1) is 23.4. The number of ether oxygens (including phenoxy) is 1. The van der Waals surface area contributed by atoms with E-state index in [9.17, 15) is 9.59 Å². The zero-order chi connectivity index (χ0) is 21.7. The highest BCUT2D eigenvalue weighted by atomic mass is 35.5. The van der Waals surface area contributed by atoms with Gasteiger partial charge in [0.15, 0.2) is 5.11 Å². The fourth-order valence-electron chi connectivity index (χ4n) is 2.66. The molecule has 0 aliphatic carbocycles. The molecule has 0 spiro atoms. The van der Waals surface area contributed by atoms with E-state index in [0.717, 1.165) is 11.3 Å². The minimum absolute atomic E-state index is 0.143. The molecule has 2 aromatic rings. The van der Waals surface area contributed by atoms with Gasteiger partial charge in [0.25, 0.3) is 5.91 Å². The normalized spacial score (nSPS) is 10.4. The Morgan fingerprint density at radius 1 is 1.21 bits per heavy atom. The summed E-state index contributed by atoms with van der Waals surface area (Å²) in [5, 5.41) is 7.48. The summed E-state index contributed by atoms with van der Waals surface area (Å²) < 4.78 is 4.90. The van der Waals surface area contributed by atoms with Gasteiger partial charge in [-0.1, -0.05) is 23.2 Å². The molecule has 0 saturated heterocycles. The molecular formula is C19H21Cl2N3O3S2. The lowest BCUT2D eigenvalue weighted by molar-refractivity contribution is 0.0601. The Hall–Kier alpha value is -1.87. The highest BCUT2D eigenvalue weighted by molar-refractivity contribution is 7.80. The van der Waals surface area contributed by atoms with Gasteiger partial charge in [-0.15, -0.1) is 11.3 Å². The lowest BCUT2D eigenvalue weighted by Crippen LogP contribution is -2.30. The second kappa shape index (κ2) is 10.2. The van der Waals surface area contributed by atoms with Gasteiger partial charge in [0.05, 0.1) is 28.3 Å². The van der Waals surface area contributed by atoms with Crippen molar-refractivity contribution in [2.24, 2.45) is 0 Å². The van der Waals surface area contributed by atoms with E-state index in [1.165, 1.54) is 7.11 Å². The second-order valence-electron chi connectivity index (χ2n) is 5.93. The van der Waals surface area contributed by atoms with Crippen LogP contribution in [0.2, 0.25) is 10.0 Å². The Morgan fingerprint density at radius 3 is 2.41 bits per heavy atom. The number of halogens is 2. The van der Waals surface area contributed by atoms with Gasteiger partial charge in [-0.05, 0) is 56.8 Å². The van der Waals surface area contributed by atoms with Crippen LogP contribution in [-0.4, -0.2) is 42.1 Å². The molecule has 0 saturated carbocycles. The minimum atomic E-state index is -0.549. The monoisotopic (exact) mass is 473 g/mol. The SMILES string of the molecule is CCN(CC)C(=O)c1sc(NC(=S)Nc2ccc(Cl)cc2Cl)c(C(=O)OC)c1C. The van der Waals surface area contributed by atoms with Gasteiger partial charge in [-0.25, -0.2) is 4.79 Å². The van der Waals surface area contributed by atoms with E-state index in [-0.39, 0.29) is 16.6 Å². The number of hydrogen-bond donors (Lipinski definition) is 2. The molecule has 0 fully saturated rings. The first-order chi connectivity index (χ1) is 13.7. The predicted molar refractivity (Wildman–Crippen MR) is 124 cm³/mol. The topological polar surface area (TPSA) is 70.7 Å². The Bertz CT molecular complexity index is 943. The van der Waals surface area contributed by atoms with E-state index in [0.29, 0.717) is 44.3 Å². The van der Waals surface area contributed by atoms with Gasteiger partial charge in [-0.3, -0.25) is 4.79 Å². The number of nitrogens with one attached hydrogen (secondary N) is 2. The maximum Gasteiger partial charge on any atom is 0.341 e. The molecule has 1 amide bonds. The molecule has 2 N–H and O–H groups in total. The summed E-state index contributed by atoms with van der Waals surface area (Å²) in [5.41, 5.74) is 1.38. The Kier molecular flexibility index (Phi) is 8.27. The number of thiocarbonyl (C=S) groups is 1. The molecule has 0 aliphatic rings. The van der Waals surface area contributed by atoms with E-state index in [4.69, 9.17) is 40.2 Å². The number of nitrogens with zero attached hydrogens (tertiary/aromatic N) is 1. The van der Waals surface area contributed by atoms with Crippen molar-refractivity contribution < 1.29 is 14.3 Å². The first-order valence-electron chi connectivity index (χ1n) is 8.77. The summed E-state index contributed by atoms with van der Waals surface area (Å²) in [5.74, 6) is -0.692. The average molecular weight is 474 g/mol. The summed E-state index contributed by atoms with van der Waals surface area (Å²) >= 11 is 18.6. The predicted octanol–water partition coefficient (Wildman–Crippen LogP) is 5.44. The third-order valence-electron chi connectivity index (χ3n) is 4.19. The number of rotatable bonds is 6. The largest absolute Gasteiger partial charge is 0.465 e. The maximum atomic E-state index is 12.8. The number of methoxy groups -OCH3 is 1. The van der Waals surface area contributed by atoms with E-state index >= 15 is 0 Å². The third-order valence-corrected chi connectivity index (χ3v) is 6.13. The number of anilines is 2. The van der Waals surface area contributed by atoms with Gasteiger partial charge in [-0.2, -0.15) is 0 Å². The van der Waals surface area contributed by atoms with Gasteiger partial charge >= 0.3 is 5.97 Å². The van der Waals surface area contributed by atoms with Crippen molar-refractivity contribution >= 4 is 74.4 Å². The summed E-state index contributed by atoms with van der Waals surface area (Å²) in [6.07, 6.45) is 0. The molecule has 1 heterocycles. The van der Waals surface area contributed by atoms with Crippen LogP contribution in [0.5, 0.6) is 0 Å². The van der Waals surface area contributed by atoms with Gasteiger partial charge in [0.1, 0.15) is 5.00 Å². The van der Waals surface area contributed by atoms with Crippen LogP contribution in [-0.2, 0) is 4.74 Å². The molecule has 0 aliphatic heterocycles. The number of benzene rings is 1. The van der Waals surface area contributed by atoms with E-state index in [1.54, 1.807) is 30.0 Å². The Labute approximate surface area is 189 Å². The number of carbonyl (C=O) groups excluding carboxylic acids is 2. The third kappa shape index (κ3) is 5.39. The van der Waals surface area contributed by atoms with Crippen LogP contribution in [0.3, 0.4) is 0 Å². The van der Waals surface area contributed by atoms with Crippen LogP contribution in [0, 0.1) is 6.92 Å². The van der Waals surface area contributed by atoms with Gasteiger partial charge < -0.3 is 20.3 Å². The molecule has 0 atom stereocenters. The van der Waals surface area contributed by atoms with Crippen molar-refractivity contribution in [3.8, 4) is 0 Å². The summed E-state index contributed by atoms with van der Waals surface area (Å²) in [4.78, 5) is 27.3. The average Bonchev–Trinajstić information content (AvgIpc) is 3.00. The lowest BCUT2D eigenvalue weighted by atomic mass is 10.1. The number of esters is 1. The van der Waals surface area contributed by atoms with E-state index in [2.05, 4.69) is 10.6 Å². The molecule has 0 radical (unpaired) electrons. The highest BCUT2D eigenvalue weighted by Crippen LogP contribution is 2.35. The zero-order valence-corrected chi connectivity index (χ0v) is 19.5. The molecule has 10 heteroatoms. The van der Waals surface area contributed by atoms with Crippen LogP contribution in [0.15, 0.2) is 18.2 Å². The fraction of sp³-hybridized carbons (Fsp3) is 0.316. The molecule has 29 heavy (non-hydrogen) atoms. The second-order valence-corrected chi connectivity index (χ2v) is 8.21. The summed E-state index contributed by atoms with van der Waals surface area (Å²) in [7, 11) is 1.29. The van der Waals surface area contributed by atoms with Crippen molar-refractivity contribution in [2.75, 3.05) is 30.8 Å². The van der Waals surface area contributed by atoms with Crippen LogP contribution in [0.25, 0.3) is 0 Å². The number of carbonyl (C=O) groups is 2. The fourth-order valence-corrected chi connectivity index (χ4v) is 4.55. The molecule has 0 bridgehead atoms. The summed E-state index contributed by atoms with van der Waals surface area (Å²) in [6, 6.07) is 4.95. The summed E-state index contributed by atoms with van der Waals surface area (Å²) in [6.45, 7) is 6.66. The van der Waals surface area contributed by atoms with Crippen molar-refractivity contribution in [1.29, 1.82) is 0 Å². The van der Waals surface area contributed by atoms with Crippen LogP contribution in [0.1, 0.15) is 39.4 Å². The molecule has 6 nitrogen and oxygen atoms in total. The molecule has 156 valence electrons. The number of hydrogen-bond acceptors (Lipinski definition) is 5. The van der Waals surface area contributed by atoms with Crippen LogP contribution < -0.4 is 10.6 Å². The van der Waals surface area contributed by atoms with Crippen molar-refractivity contribution in [3.05, 3.63) is 44.2 Å². The van der Waals surface area contributed by atoms with Gasteiger partial charge in [0.2, 0.25) is 0 Å². The van der Waals surface area contributed by atoms with Crippen molar-refractivity contribution in [3.63, 3.8) is 0 Å². The Balaban J connectivity index is 2.35. The molecule has 0 unspecified atom stereocenters. The molecular weight excluding hydrogens is 453 g/mol. The zero-order valence-electron chi connectivity index (χ0n) is 16.4. The number of amides is 1. The lowest BCUT2D eigenvalue weighted by Gasteiger charge is -2.18. The Morgan fingerprint density at radius 2 is 1.86 bits per heavy atom. The first-order valence-corrected chi connectivity index (χ1v) is 10.7. The highest BCUT2D eigenvalue weighted by Gasteiger charge is 2.27. The van der Waals surface area contributed by atoms with E-state index in [1.807, 2.05) is 13.8 Å². The van der Waals surface area contributed by atoms with Crippen molar-refractivity contribution in [2.45, 2.75) is 20.8 Å². The number of thiophene rings is 1. The molecule has 1 aromatic heterocycles. The molecule has 1 aromatic carbocycles. The van der Waals surface area contributed by atoms with E-state index < -0.39 is 5.97 Å². The standard InChI is InChI=1S/C19H21Cl2N3O3S2/c1-5-24(6-2)17(25)15-10(3)14(18(26)27-4)16(29-15)23-19(28)22-13-8-7-11(20)9-12(13)21/h7-9H,5-6H2,1-4H3,(H2,22,23,28). The van der Waals surface area contributed by atoms with Crippen molar-refractivity contribution in [1.82, 2.24) is 4.90 Å². The smallest absolute Gasteiger partial charge is 0.341 e. The van der Waals surface area contributed by atoms with Crippen LogP contribution >= 0.6 is 46.8 Å².